The van der Waals surface area contributed by atoms with Crippen LogP contribution in [0.2, 0.25) is 0 Å². The lowest BCUT2D eigenvalue weighted by atomic mass is 10.3. The Hall–Kier alpha value is -2.30. The lowest BCUT2D eigenvalue weighted by Gasteiger charge is -2.09. The second-order valence-corrected chi connectivity index (χ2v) is 11.9. The molecule has 0 aliphatic heterocycles. The van der Waals surface area contributed by atoms with Crippen molar-refractivity contribution in [1.29, 1.82) is 10.8 Å². The van der Waals surface area contributed by atoms with Crippen molar-refractivity contribution in [2.75, 3.05) is 11.5 Å². The van der Waals surface area contributed by atoms with Crippen LogP contribution < -0.4 is 19.1 Å². The van der Waals surface area contributed by atoms with Crippen LogP contribution in [0.1, 0.15) is 0 Å². The molecule has 0 spiro atoms. The molecule has 0 bridgehead atoms. The number of fused-ring (bicyclic) bond motifs is 2. The Labute approximate surface area is 214 Å². The van der Waals surface area contributed by atoms with Crippen LogP contribution in [0, 0.1) is 10.8 Å². The molecule has 0 radical (unpaired) electrons. The maximum atomic E-state index is 12.4. The largest absolute Gasteiger partial charge is 0.573 e. The molecule has 16 heteroatoms. The number of ether oxygens (including phenoxy) is 2. The summed E-state index contributed by atoms with van der Waals surface area (Å²) in [5, 5.41) is 16.3. The van der Waals surface area contributed by atoms with Crippen molar-refractivity contribution in [3.8, 4) is 11.5 Å². The molecule has 0 amide bonds. The van der Waals surface area contributed by atoms with Gasteiger partial charge in [-0.2, -0.15) is 0 Å². The number of aromatic nitrogens is 2. The summed E-state index contributed by atoms with van der Waals surface area (Å²) in [5.41, 5.74) is 1.30. The zero-order chi connectivity index (χ0) is 26.1. The number of rotatable bonds is 9. The van der Waals surface area contributed by atoms with Gasteiger partial charge in [-0.3, -0.25) is 10.8 Å². The van der Waals surface area contributed by atoms with Crippen molar-refractivity contribution < 1.29 is 35.8 Å². The Morgan fingerprint density at radius 3 is 1.44 bits per heavy atom. The van der Waals surface area contributed by atoms with Crippen LogP contribution in [-0.4, -0.2) is 33.4 Å². The normalized spacial score (nSPS) is 12.5. The number of hydrogen-bond donors (Lipinski definition) is 2. The van der Waals surface area contributed by atoms with E-state index in [2.05, 4.69) is 9.47 Å². The highest BCUT2D eigenvalue weighted by Gasteiger charge is 2.32. The zero-order valence-corrected chi connectivity index (χ0v) is 21.2. The summed E-state index contributed by atoms with van der Waals surface area (Å²) in [6.45, 7) is 0.965. The maximum Gasteiger partial charge on any atom is 0.573 e. The first-order chi connectivity index (χ1) is 16.9. The lowest BCUT2D eigenvalue weighted by molar-refractivity contribution is -0.275. The number of benzene rings is 2. The summed E-state index contributed by atoms with van der Waals surface area (Å²) in [6.07, 6.45) is -9.56. The van der Waals surface area contributed by atoms with E-state index in [4.69, 9.17) is 10.8 Å². The van der Waals surface area contributed by atoms with Gasteiger partial charge in [0.2, 0.25) is 0 Å². The highest BCUT2D eigenvalue weighted by atomic mass is 33.1. The Balaban J connectivity index is 1.31. The fourth-order valence-electron chi connectivity index (χ4n) is 3.35. The third kappa shape index (κ3) is 6.72. The molecule has 36 heavy (non-hydrogen) atoms. The number of thiazole rings is 2. The van der Waals surface area contributed by atoms with Gasteiger partial charge in [-0.15, -0.1) is 26.3 Å². The van der Waals surface area contributed by atoms with Crippen LogP contribution in [0.5, 0.6) is 11.5 Å². The molecular formula is C20H16F6N4O2S4. The lowest BCUT2D eigenvalue weighted by Crippen LogP contribution is -2.17. The average molecular weight is 587 g/mol. The summed E-state index contributed by atoms with van der Waals surface area (Å²) in [4.78, 5) is 0.431. The van der Waals surface area contributed by atoms with Gasteiger partial charge in [-0.1, -0.05) is 44.3 Å². The molecule has 0 saturated heterocycles. The van der Waals surface area contributed by atoms with Crippen LogP contribution in [-0.2, 0) is 13.1 Å². The quantitative estimate of drug-likeness (QED) is 0.132. The van der Waals surface area contributed by atoms with Crippen molar-refractivity contribution >= 4 is 64.7 Å². The van der Waals surface area contributed by atoms with Crippen molar-refractivity contribution in [3.63, 3.8) is 0 Å². The number of halogens is 6. The molecule has 0 atom stereocenters. The summed E-state index contributed by atoms with van der Waals surface area (Å²) < 4.78 is 86.9. The Bertz CT molecular complexity index is 1380. The summed E-state index contributed by atoms with van der Waals surface area (Å²) in [6, 6.07) is 7.98. The SMILES string of the molecule is N=c1sc2cc(OC(F)(F)F)ccc2n1CCSSCCn1c(=N)sc2cc(OC(F)(F)F)ccc21. The van der Waals surface area contributed by atoms with E-state index >= 15 is 0 Å². The predicted molar refractivity (Wildman–Crippen MR) is 130 cm³/mol. The summed E-state index contributed by atoms with van der Waals surface area (Å²) >= 11 is 2.13. The van der Waals surface area contributed by atoms with Crippen LogP contribution >= 0.6 is 44.3 Å². The van der Waals surface area contributed by atoms with E-state index in [1.807, 2.05) is 0 Å². The number of hydrogen-bond acceptors (Lipinski definition) is 8. The maximum absolute atomic E-state index is 12.4. The van der Waals surface area contributed by atoms with Gasteiger partial charge in [0, 0.05) is 24.6 Å². The van der Waals surface area contributed by atoms with Gasteiger partial charge < -0.3 is 18.6 Å². The van der Waals surface area contributed by atoms with Gasteiger partial charge >= 0.3 is 12.7 Å². The minimum atomic E-state index is -4.78. The number of nitrogens with one attached hydrogen (secondary N) is 2. The molecule has 2 N–H and O–H groups in total. The predicted octanol–water partition coefficient (Wildman–Crippen LogP) is 6.56. The molecule has 0 aliphatic rings. The first-order valence-corrected chi connectivity index (χ1v) is 14.1. The van der Waals surface area contributed by atoms with E-state index in [-0.39, 0.29) is 21.1 Å². The molecule has 0 saturated carbocycles. The third-order valence-corrected chi connectivity index (χ3v) is 8.98. The van der Waals surface area contributed by atoms with Gasteiger partial charge in [0.05, 0.1) is 20.4 Å². The molecule has 2 aromatic heterocycles. The van der Waals surface area contributed by atoms with E-state index in [9.17, 15) is 26.3 Å². The first kappa shape index (κ1) is 26.8. The molecule has 4 aromatic rings. The van der Waals surface area contributed by atoms with Crippen LogP contribution in [0.25, 0.3) is 20.4 Å². The highest BCUT2D eigenvalue weighted by Crippen LogP contribution is 2.30. The minimum Gasteiger partial charge on any atom is -0.406 e. The molecule has 2 aromatic carbocycles. The van der Waals surface area contributed by atoms with Crippen LogP contribution in [0.3, 0.4) is 0 Å². The van der Waals surface area contributed by atoms with Crippen LogP contribution in [0.15, 0.2) is 36.4 Å². The van der Waals surface area contributed by atoms with E-state index in [1.165, 1.54) is 36.4 Å². The Morgan fingerprint density at radius 1 is 0.694 bits per heavy atom. The molecule has 0 aliphatic carbocycles. The summed E-state index contributed by atoms with van der Waals surface area (Å²) in [5.74, 6) is 0.609. The minimum absolute atomic E-state index is 0.216. The van der Waals surface area contributed by atoms with Gasteiger partial charge in [0.25, 0.3) is 0 Å². The fourth-order valence-corrected chi connectivity index (χ4v) is 7.19. The third-order valence-electron chi connectivity index (χ3n) is 4.69. The fraction of sp³-hybridized carbons (Fsp3) is 0.300. The molecule has 4 rings (SSSR count). The van der Waals surface area contributed by atoms with Gasteiger partial charge in [-0.25, -0.2) is 0 Å². The number of alkyl halides is 6. The second-order valence-electron chi connectivity index (χ2n) is 7.12. The van der Waals surface area contributed by atoms with E-state index < -0.39 is 12.7 Å². The molecular weight excluding hydrogens is 571 g/mol. The van der Waals surface area contributed by atoms with Gasteiger partial charge in [0.15, 0.2) is 9.60 Å². The molecule has 0 unspecified atom stereocenters. The van der Waals surface area contributed by atoms with Crippen molar-refractivity contribution in [1.82, 2.24) is 9.13 Å². The topological polar surface area (TPSA) is 76.0 Å². The van der Waals surface area contributed by atoms with Crippen molar-refractivity contribution in [2.24, 2.45) is 0 Å². The molecule has 2 heterocycles. The smallest absolute Gasteiger partial charge is 0.406 e. The monoisotopic (exact) mass is 586 g/mol. The van der Waals surface area contributed by atoms with Crippen molar-refractivity contribution in [2.45, 2.75) is 25.8 Å². The van der Waals surface area contributed by atoms with E-state index in [0.717, 1.165) is 22.7 Å². The molecule has 194 valence electrons. The van der Waals surface area contributed by atoms with Crippen LogP contribution in [0.4, 0.5) is 26.3 Å². The van der Waals surface area contributed by atoms with E-state index in [0.29, 0.717) is 45.0 Å². The molecule has 0 fully saturated rings. The average Bonchev–Trinajstić information content (AvgIpc) is 3.22. The number of aryl methyl sites for hydroxylation is 2. The molecule has 6 nitrogen and oxygen atoms in total. The van der Waals surface area contributed by atoms with Gasteiger partial charge in [0.1, 0.15) is 11.5 Å². The zero-order valence-electron chi connectivity index (χ0n) is 17.9. The van der Waals surface area contributed by atoms with Gasteiger partial charge in [-0.05, 0) is 36.4 Å². The first-order valence-electron chi connectivity index (χ1n) is 10.0. The summed E-state index contributed by atoms with van der Waals surface area (Å²) in [7, 11) is 3.10. The van der Waals surface area contributed by atoms with Crippen molar-refractivity contribution in [3.05, 3.63) is 46.0 Å². The number of nitrogens with zero attached hydrogens (tertiary/aromatic N) is 2. The second kappa shape index (κ2) is 10.6. The highest BCUT2D eigenvalue weighted by molar-refractivity contribution is 8.76. The standard InChI is InChI=1S/C20H16F6N4O2S4/c21-19(22,23)31-11-1-3-13-15(9-11)35-17(27)29(13)5-7-33-34-8-6-30-14-4-2-12(32-20(24,25)26)10-16(14)36-18(30)28/h1-4,9-10,27-28H,5-8H2. The Kier molecular flexibility index (Phi) is 7.87. The Morgan fingerprint density at radius 2 is 1.08 bits per heavy atom. The van der Waals surface area contributed by atoms with E-state index in [1.54, 1.807) is 30.7 Å².